The first-order valence-electron chi connectivity index (χ1n) is 6.76. The molecule has 0 saturated carbocycles. The SMILES string of the molecule is CC(Cl)c1nc2cc(Br)cnc2n1C(C)Cc1ccco1. The van der Waals surface area contributed by atoms with E-state index in [1.165, 1.54) is 0 Å². The van der Waals surface area contributed by atoms with E-state index in [9.17, 15) is 0 Å². The summed E-state index contributed by atoms with van der Waals surface area (Å²) in [5, 5.41) is -0.183. The van der Waals surface area contributed by atoms with Crippen LogP contribution in [0.3, 0.4) is 0 Å². The smallest absolute Gasteiger partial charge is 0.160 e. The van der Waals surface area contributed by atoms with Crippen molar-refractivity contribution in [3.05, 3.63) is 46.7 Å². The van der Waals surface area contributed by atoms with Crippen LogP contribution in [0.4, 0.5) is 0 Å². The predicted octanol–water partition coefficient (Wildman–Crippen LogP) is 4.89. The second kappa shape index (κ2) is 5.81. The van der Waals surface area contributed by atoms with Crippen LogP contribution in [0, 0.1) is 0 Å². The Kier molecular flexibility index (Phi) is 4.04. The monoisotopic (exact) mass is 367 g/mol. The van der Waals surface area contributed by atoms with Crippen molar-refractivity contribution in [3.63, 3.8) is 0 Å². The molecule has 0 aromatic carbocycles. The molecule has 0 saturated heterocycles. The molecule has 0 fully saturated rings. The largest absolute Gasteiger partial charge is 0.469 e. The van der Waals surface area contributed by atoms with E-state index in [2.05, 4.69) is 37.4 Å². The molecule has 0 aliphatic heterocycles. The Hall–Kier alpha value is -1.33. The molecule has 2 unspecified atom stereocenters. The molecular formula is C15H15BrClN3O. The Morgan fingerprint density at radius 2 is 2.24 bits per heavy atom. The molecule has 0 spiro atoms. The van der Waals surface area contributed by atoms with Gasteiger partial charge in [0.25, 0.3) is 0 Å². The van der Waals surface area contributed by atoms with Crippen LogP contribution in [0.2, 0.25) is 0 Å². The van der Waals surface area contributed by atoms with Crippen LogP contribution in [0.5, 0.6) is 0 Å². The molecule has 0 aliphatic rings. The van der Waals surface area contributed by atoms with Crippen LogP contribution in [0.1, 0.15) is 36.9 Å². The second-order valence-electron chi connectivity index (χ2n) is 5.08. The first kappa shape index (κ1) is 14.6. The van der Waals surface area contributed by atoms with Crippen molar-refractivity contribution in [2.75, 3.05) is 0 Å². The van der Waals surface area contributed by atoms with Crippen LogP contribution in [0.25, 0.3) is 11.2 Å². The zero-order chi connectivity index (χ0) is 15.0. The Morgan fingerprint density at radius 3 is 2.90 bits per heavy atom. The first-order valence-corrected chi connectivity index (χ1v) is 7.99. The lowest BCUT2D eigenvalue weighted by Crippen LogP contribution is -2.12. The summed E-state index contributed by atoms with van der Waals surface area (Å²) in [6.45, 7) is 4.05. The number of nitrogens with zero attached hydrogens (tertiary/aromatic N) is 3. The fourth-order valence-electron chi connectivity index (χ4n) is 2.50. The van der Waals surface area contributed by atoms with Crippen LogP contribution < -0.4 is 0 Å². The van der Waals surface area contributed by atoms with E-state index in [4.69, 9.17) is 16.0 Å². The third-order valence-electron chi connectivity index (χ3n) is 3.40. The molecule has 3 aromatic heterocycles. The van der Waals surface area contributed by atoms with Gasteiger partial charge in [0.1, 0.15) is 17.1 Å². The van der Waals surface area contributed by atoms with Crippen LogP contribution in [-0.2, 0) is 6.42 Å². The maximum absolute atomic E-state index is 6.30. The van der Waals surface area contributed by atoms with Gasteiger partial charge >= 0.3 is 0 Å². The van der Waals surface area contributed by atoms with Gasteiger partial charge in [-0.25, -0.2) is 9.97 Å². The number of rotatable bonds is 4. The van der Waals surface area contributed by atoms with Gasteiger partial charge in [0.05, 0.1) is 11.6 Å². The molecule has 21 heavy (non-hydrogen) atoms. The van der Waals surface area contributed by atoms with Crippen molar-refractivity contribution in [2.24, 2.45) is 0 Å². The molecule has 0 N–H and O–H groups in total. The highest BCUT2D eigenvalue weighted by Gasteiger charge is 2.21. The summed E-state index contributed by atoms with van der Waals surface area (Å²) in [6.07, 6.45) is 4.24. The van der Waals surface area contributed by atoms with E-state index < -0.39 is 0 Å². The molecule has 6 heteroatoms. The van der Waals surface area contributed by atoms with Gasteiger partial charge < -0.3 is 8.98 Å². The number of aromatic nitrogens is 3. The van der Waals surface area contributed by atoms with Crippen molar-refractivity contribution in [3.8, 4) is 0 Å². The second-order valence-corrected chi connectivity index (χ2v) is 6.66. The van der Waals surface area contributed by atoms with E-state index in [0.29, 0.717) is 0 Å². The van der Waals surface area contributed by atoms with Crippen LogP contribution in [0.15, 0.2) is 39.5 Å². The average Bonchev–Trinajstić information content (AvgIpc) is 3.04. The van der Waals surface area contributed by atoms with Crippen LogP contribution >= 0.6 is 27.5 Å². The zero-order valence-electron chi connectivity index (χ0n) is 11.8. The molecule has 0 amide bonds. The highest BCUT2D eigenvalue weighted by Crippen LogP contribution is 2.29. The maximum atomic E-state index is 6.30. The number of furan rings is 1. The lowest BCUT2D eigenvalue weighted by Gasteiger charge is -2.17. The zero-order valence-corrected chi connectivity index (χ0v) is 14.1. The Morgan fingerprint density at radius 1 is 1.43 bits per heavy atom. The van der Waals surface area contributed by atoms with Crippen molar-refractivity contribution < 1.29 is 4.42 Å². The van der Waals surface area contributed by atoms with Gasteiger partial charge in [0.15, 0.2) is 5.65 Å². The summed E-state index contributed by atoms with van der Waals surface area (Å²) in [6, 6.07) is 5.99. The van der Waals surface area contributed by atoms with E-state index >= 15 is 0 Å². The summed E-state index contributed by atoms with van der Waals surface area (Å²) >= 11 is 9.73. The van der Waals surface area contributed by atoms with Gasteiger partial charge in [0.2, 0.25) is 0 Å². The van der Waals surface area contributed by atoms with Gasteiger partial charge in [-0.15, -0.1) is 11.6 Å². The summed E-state index contributed by atoms with van der Waals surface area (Å²) in [7, 11) is 0. The molecule has 3 rings (SSSR count). The summed E-state index contributed by atoms with van der Waals surface area (Å²) in [5.41, 5.74) is 1.69. The van der Waals surface area contributed by atoms with Gasteiger partial charge in [0, 0.05) is 23.1 Å². The quantitative estimate of drug-likeness (QED) is 0.616. The minimum absolute atomic E-state index is 0.158. The molecule has 0 aliphatic carbocycles. The molecule has 2 atom stereocenters. The summed E-state index contributed by atoms with van der Waals surface area (Å²) in [4.78, 5) is 9.13. The molecule has 110 valence electrons. The fraction of sp³-hybridized carbons (Fsp3) is 0.333. The van der Waals surface area contributed by atoms with E-state index in [1.807, 2.05) is 25.1 Å². The van der Waals surface area contributed by atoms with E-state index in [0.717, 1.165) is 33.6 Å². The summed E-state index contributed by atoms with van der Waals surface area (Å²) in [5.74, 6) is 1.77. The lowest BCUT2D eigenvalue weighted by atomic mass is 10.2. The predicted molar refractivity (Wildman–Crippen MR) is 86.6 cm³/mol. The van der Waals surface area contributed by atoms with Crippen LogP contribution in [-0.4, -0.2) is 14.5 Å². The average molecular weight is 369 g/mol. The Bertz CT molecular complexity index is 752. The van der Waals surface area contributed by atoms with Crippen molar-refractivity contribution >= 4 is 38.7 Å². The topological polar surface area (TPSA) is 43.9 Å². The number of alkyl halides is 1. The van der Waals surface area contributed by atoms with E-state index in [1.54, 1.807) is 12.5 Å². The Balaban J connectivity index is 2.08. The number of pyridine rings is 1. The van der Waals surface area contributed by atoms with Gasteiger partial charge in [-0.05, 0) is 48.0 Å². The van der Waals surface area contributed by atoms with Crippen molar-refractivity contribution in [1.82, 2.24) is 14.5 Å². The number of halogens is 2. The van der Waals surface area contributed by atoms with Gasteiger partial charge in [-0.3, -0.25) is 0 Å². The third kappa shape index (κ3) is 2.85. The molecule has 0 radical (unpaired) electrons. The first-order chi connectivity index (χ1) is 10.1. The highest BCUT2D eigenvalue weighted by atomic mass is 79.9. The van der Waals surface area contributed by atoms with Crippen molar-refractivity contribution in [2.45, 2.75) is 31.7 Å². The molecule has 3 aromatic rings. The third-order valence-corrected chi connectivity index (χ3v) is 4.03. The molecular weight excluding hydrogens is 354 g/mol. The summed E-state index contributed by atoms with van der Waals surface area (Å²) < 4.78 is 8.45. The normalized spacial score (nSPS) is 14.5. The maximum Gasteiger partial charge on any atom is 0.160 e. The molecule has 0 bridgehead atoms. The number of imidazole rings is 1. The number of hydrogen-bond donors (Lipinski definition) is 0. The minimum Gasteiger partial charge on any atom is -0.469 e. The van der Waals surface area contributed by atoms with E-state index in [-0.39, 0.29) is 11.4 Å². The Labute approximate surface area is 136 Å². The standard InChI is InChI=1S/C15H15BrClN3O/c1-9(6-12-4-3-5-21-12)20-14(10(2)17)19-13-7-11(16)8-18-15(13)20/h3-5,7-10H,6H2,1-2H3. The van der Waals surface area contributed by atoms with Gasteiger partial charge in [-0.1, -0.05) is 0 Å². The minimum atomic E-state index is -0.183. The number of hydrogen-bond acceptors (Lipinski definition) is 3. The van der Waals surface area contributed by atoms with Crippen molar-refractivity contribution in [1.29, 1.82) is 0 Å². The number of fused-ring (bicyclic) bond motifs is 1. The molecule has 4 nitrogen and oxygen atoms in total. The van der Waals surface area contributed by atoms with Gasteiger partial charge in [-0.2, -0.15) is 0 Å². The highest BCUT2D eigenvalue weighted by molar-refractivity contribution is 9.10. The lowest BCUT2D eigenvalue weighted by molar-refractivity contribution is 0.445. The fourth-order valence-corrected chi connectivity index (χ4v) is 2.97. The molecule has 3 heterocycles.